The maximum atomic E-state index is 12.5. The molecule has 0 bridgehead atoms. The second-order valence-electron chi connectivity index (χ2n) is 6.34. The highest BCUT2D eigenvalue weighted by Crippen LogP contribution is 2.30. The normalized spacial score (nSPS) is 15.2. The number of carbonyl (C=O) groups excluding carboxylic acids is 3. The lowest BCUT2D eigenvalue weighted by Gasteiger charge is -2.28. The van der Waals surface area contributed by atoms with Crippen LogP contribution < -0.4 is 0 Å². The van der Waals surface area contributed by atoms with Crippen molar-refractivity contribution < 1.29 is 14.4 Å². The summed E-state index contributed by atoms with van der Waals surface area (Å²) in [6.07, 6.45) is 3.36. The first-order valence-electron chi connectivity index (χ1n) is 8.23. The molecule has 0 N–H and O–H groups in total. The van der Waals surface area contributed by atoms with E-state index in [9.17, 15) is 14.4 Å². The summed E-state index contributed by atoms with van der Waals surface area (Å²) in [7, 11) is 2.72. The number of imide groups is 2. The van der Waals surface area contributed by atoms with Crippen molar-refractivity contribution in [3.63, 3.8) is 0 Å². The molecule has 1 aliphatic rings. The van der Waals surface area contributed by atoms with E-state index in [0.29, 0.717) is 11.4 Å². The number of aromatic nitrogens is 2. The van der Waals surface area contributed by atoms with Crippen LogP contribution in [0.15, 0.2) is 41.4 Å². The molecule has 0 aliphatic carbocycles. The maximum absolute atomic E-state index is 12.5. The zero-order valence-electron chi connectivity index (χ0n) is 15.0. The van der Waals surface area contributed by atoms with Crippen molar-refractivity contribution in [1.82, 2.24) is 19.2 Å². The smallest absolute Gasteiger partial charge is 0.290 e. The highest BCUT2D eigenvalue weighted by atomic mass is 32.1. The molecule has 4 rings (SSSR count). The maximum Gasteiger partial charge on any atom is 0.333 e. The van der Waals surface area contributed by atoms with Gasteiger partial charge in [-0.3, -0.25) is 23.8 Å². The zero-order valence-corrected chi connectivity index (χ0v) is 15.8. The van der Waals surface area contributed by atoms with Gasteiger partial charge in [-0.15, -0.1) is 11.3 Å². The average molecular weight is 380 g/mol. The third kappa shape index (κ3) is 2.65. The van der Waals surface area contributed by atoms with E-state index in [1.54, 1.807) is 0 Å². The van der Waals surface area contributed by atoms with Gasteiger partial charge in [0.25, 0.3) is 11.8 Å². The number of hydrogen-bond donors (Lipinski definition) is 0. The SMILES string of the molecule is Cc1ccc(-c2nc3sccn3c2C=C2C(=O)N(C)C(=O)N(C)C2=O)cc1. The van der Waals surface area contributed by atoms with Gasteiger partial charge in [-0.2, -0.15) is 0 Å². The van der Waals surface area contributed by atoms with Crippen molar-refractivity contribution in [2.45, 2.75) is 6.92 Å². The van der Waals surface area contributed by atoms with Crippen LogP contribution in [-0.4, -0.2) is 51.1 Å². The molecule has 1 aliphatic heterocycles. The molecule has 2 aromatic heterocycles. The summed E-state index contributed by atoms with van der Waals surface area (Å²) in [5.41, 5.74) is 3.25. The molecule has 0 radical (unpaired) electrons. The minimum atomic E-state index is -0.644. The molecule has 7 nitrogen and oxygen atoms in total. The van der Waals surface area contributed by atoms with E-state index in [0.717, 1.165) is 25.9 Å². The van der Waals surface area contributed by atoms with E-state index in [-0.39, 0.29) is 5.57 Å². The lowest BCUT2D eigenvalue weighted by molar-refractivity contribution is -0.134. The lowest BCUT2D eigenvalue weighted by atomic mass is 10.0. The van der Waals surface area contributed by atoms with Crippen molar-refractivity contribution in [2.75, 3.05) is 14.1 Å². The number of carbonyl (C=O) groups is 3. The Morgan fingerprint density at radius 1 is 1.00 bits per heavy atom. The number of imidazole rings is 1. The molecular weight excluding hydrogens is 364 g/mol. The Balaban J connectivity index is 1.92. The monoisotopic (exact) mass is 380 g/mol. The molecule has 0 atom stereocenters. The van der Waals surface area contributed by atoms with Crippen LogP contribution in [-0.2, 0) is 9.59 Å². The number of rotatable bonds is 2. The Morgan fingerprint density at radius 3 is 2.26 bits per heavy atom. The Hall–Kier alpha value is -3.26. The zero-order chi connectivity index (χ0) is 19.3. The first kappa shape index (κ1) is 17.2. The van der Waals surface area contributed by atoms with Crippen LogP contribution in [0.5, 0.6) is 0 Å². The van der Waals surface area contributed by atoms with E-state index < -0.39 is 17.8 Å². The number of urea groups is 1. The molecule has 0 spiro atoms. The molecule has 27 heavy (non-hydrogen) atoms. The van der Waals surface area contributed by atoms with Gasteiger partial charge >= 0.3 is 6.03 Å². The third-order valence-corrected chi connectivity index (χ3v) is 5.31. The van der Waals surface area contributed by atoms with Crippen LogP contribution >= 0.6 is 11.3 Å². The summed E-state index contributed by atoms with van der Waals surface area (Å²) >= 11 is 1.46. The first-order valence-corrected chi connectivity index (χ1v) is 9.11. The van der Waals surface area contributed by atoms with Crippen LogP contribution in [0.1, 0.15) is 11.3 Å². The van der Waals surface area contributed by atoms with Gasteiger partial charge in [0.2, 0.25) is 0 Å². The van der Waals surface area contributed by atoms with Gasteiger partial charge in [0.1, 0.15) is 5.57 Å². The topological polar surface area (TPSA) is 75.0 Å². The lowest BCUT2D eigenvalue weighted by Crippen LogP contribution is -2.52. The molecule has 1 aromatic carbocycles. The van der Waals surface area contributed by atoms with Gasteiger partial charge < -0.3 is 0 Å². The van der Waals surface area contributed by atoms with E-state index in [2.05, 4.69) is 4.98 Å². The average Bonchev–Trinajstić information content (AvgIpc) is 3.24. The molecule has 0 saturated carbocycles. The summed E-state index contributed by atoms with van der Waals surface area (Å²) < 4.78 is 1.84. The minimum absolute atomic E-state index is 0.0686. The number of amides is 4. The van der Waals surface area contributed by atoms with Gasteiger partial charge in [-0.25, -0.2) is 9.78 Å². The molecule has 3 aromatic rings. The van der Waals surface area contributed by atoms with Crippen LogP contribution in [0.3, 0.4) is 0 Å². The van der Waals surface area contributed by atoms with E-state index in [1.807, 2.05) is 47.2 Å². The van der Waals surface area contributed by atoms with Crippen LogP contribution in [0, 0.1) is 6.92 Å². The molecule has 1 saturated heterocycles. The van der Waals surface area contributed by atoms with Gasteiger partial charge in [0.05, 0.1) is 11.4 Å². The molecule has 3 heterocycles. The molecular formula is C19H16N4O3S. The van der Waals surface area contributed by atoms with E-state index in [4.69, 9.17) is 0 Å². The van der Waals surface area contributed by atoms with E-state index in [1.165, 1.54) is 31.5 Å². The first-order chi connectivity index (χ1) is 12.9. The summed E-state index contributed by atoms with van der Waals surface area (Å²) in [6.45, 7) is 2.00. The Morgan fingerprint density at radius 2 is 1.63 bits per heavy atom. The third-order valence-electron chi connectivity index (χ3n) is 4.55. The molecule has 8 heteroatoms. The van der Waals surface area contributed by atoms with Crippen LogP contribution in [0.2, 0.25) is 0 Å². The predicted molar refractivity (Wildman–Crippen MR) is 102 cm³/mol. The Kier molecular flexibility index (Phi) is 3.92. The standard InChI is InChI=1S/C19H16N4O3S/c1-11-4-6-12(7-5-11)15-14(23-8-9-27-18(23)20-15)10-13-16(24)21(2)19(26)22(3)17(13)25/h4-10H,1-3H3. The summed E-state index contributed by atoms with van der Waals surface area (Å²) in [6, 6.07) is 7.23. The fourth-order valence-corrected chi connectivity index (χ4v) is 3.70. The molecule has 136 valence electrons. The predicted octanol–water partition coefficient (Wildman–Crippen LogP) is 2.81. The quantitative estimate of drug-likeness (QED) is 0.506. The second-order valence-corrected chi connectivity index (χ2v) is 7.21. The van der Waals surface area contributed by atoms with Crippen molar-refractivity contribution in [2.24, 2.45) is 0 Å². The molecule has 4 amide bonds. The fourth-order valence-electron chi connectivity index (χ4n) is 2.98. The Labute approximate surface area is 159 Å². The fraction of sp³-hybridized carbons (Fsp3) is 0.158. The largest absolute Gasteiger partial charge is 0.333 e. The molecule has 0 unspecified atom stereocenters. The van der Waals surface area contributed by atoms with Gasteiger partial charge in [0, 0.05) is 31.2 Å². The van der Waals surface area contributed by atoms with Crippen molar-refractivity contribution in [1.29, 1.82) is 0 Å². The molecule has 1 fully saturated rings. The number of hydrogen-bond acceptors (Lipinski definition) is 5. The summed E-state index contributed by atoms with van der Waals surface area (Å²) in [4.78, 5) is 44.3. The number of aryl methyl sites for hydroxylation is 1. The van der Waals surface area contributed by atoms with Gasteiger partial charge in [0.15, 0.2) is 4.96 Å². The van der Waals surface area contributed by atoms with Crippen molar-refractivity contribution in [3.8, 4) is 11.3 Å². The number of fused-ring (bicyclic) bond motifs is 1. The second kappa shape index (κ2) is 6.17. The van der Waals surface area contributed by atoms with Crippen molar-refractivity contribution in [3.05, 3.63) is 52.7 Å². The summed E-state index contributed by atoms with van der Waals surface area (Å²) in [5, 5.41) is 1.88. The van der Waals surface area contributed by atoms with Gasteiger partial charge in [-0.1, -0.05) is 29.8 Å². The highest BCUT2D eigenvalue weighted by molar-refractivity contribution is 7.15. The van der Waals surface area contributed by atoms with Crippen LogP contribution in [0.4, 0.5) is 4.79 Å². The minimum Gasteiger partial charge on any atom is -0.290 e. The van der Waals surface area contributed by atoms with Crippen LogP contribution in [0.25, 0.3) is 22.3 Å². The van der Waals surface area contributed by atoms with E-state index >= 15 is 0 Å². The summed E-state index contributed by atoms with van der Waals surface area (Å²) in [5.74, 6) is -1.24. The Bertz CT molecular complexity index is 1100. The number of nitrogens with zero attached hydrogens (tertiary/aromatic N) is 4. The number of thiazole rings is 1. The highest BCUT2D eigenvalue weighted by Gasteiger charge is 2.38. The van der Waals surface area contributed by atoms with Gasteiger partial charge in [-0.05, 0) is 13.0 Å². The van der Waals surface area contributed by atoms with Crippen molar-refractivity contribution >= 4 is 40.2 Å². The number of benzene rings is 1. The number of likely N-dealkylation sites (N-methyl/N-ethyl adjacent to an activating group) is 2. The number of barbiturate groups is 1.